The summed E-state index contributed by atoms with van der Waals surface area (Å²) in [7, 11) is 0. The summed E-state index contributed by atoms with van der Waals surface area (Å²) in [6.45, 7) is 0. The van der Waals surface area contributed by atoms with Gasteiger partial charge in [0.05, 0.1) is 0 Å². The van der Waals surface area contributed by atoms with Crippen LogP contribution in [0.25, 0.3) is 0 Å². The Hall–Kier alpha value is -0.670. The Morgan fingerprint density at radius 3 is 2.93 bits per heavy atom. The van der Waals surface area contributed by atoms with Gasteiger partial charge < -0.3 is 5.73 Å². The van der Waals surface area contributed by atoms with Crippen LogP contribution in [0, 0.1) is 5.92 Å². The fraction of sp³-hybridized carbons (Fsp3) is 0.583. The second kappa shape index (κ2) is 4.90. The van der Waals surface area contributed by atoms with Crippen molar-refractivity contribution >= 4 is 17.1 Å². The van der Waals surface area contributed by atoms with Crippen LogP contribution in [0.5, 0.6) is 0 Å². The Bertz CT molecular complexity index is 320. The lowest BCUT2D eigenvalue weighted by atomic mass is 9.81. The minimum absolute atomic E-state index is 0.102. The third-order valence-corrected chi connectivity index (χ3v) is 3.92. The first-order valence-electron chi connectivity index (χ1n) is 5.57. The number of carbonyl (C=O) groups excluding carboxylic acids is 1. The van der Waals surface area contributed by atoms with E-state index in [0.717, 1.165) is 24.8 Å². The van der Waals surface area contributed by atoms with E-state index in [2.05, 4.69) is 0 Å². The van der Waals surface area contributed by atoms with Crippen LogP contribution in [0.2, 0.25) is 0 Å². The molecule has 2 N–H and O–H groups in total. The number of rotatable bonds is 3. The maximum absolute atomic E-state index is 12.0. The smallest absolute Gasteiger partial charge is 0.141 e. The van der Waals surface area contributed by atoms with Crippen molar-refractivity contribution in [1.82, 2.24) is 0 Å². The Balaban J connectivity index is 1.95. The lowest BCUT2D eigenvalue weighted by molar-refractivity contribution is -0.123. The van der Waals surface area contributed by atoms with Crippen molar-refractivity contribution in [1.29, 1.82) is 0 Å². The molecule has 2 nitrogen and oxygen atoms in total. The molecule has 1 aromatic rings. The molecular weight excluding hydrogens is 206 g/mol. The topological polar surface area (TPSA) is 43.1 Å². The van der Waals surface area contributed by atoms with Crippen LogP contribution in [-0.4, -0.2) is 11.8 Å². The van der Waals surface area contributed by atoms with E-state index in [0.29, 0.717) is 12.2 Å². The van der Waals surface area contributed by atoms with Gasteiger partial charge >= 0.3 is 0 Å². The normalized spacial score (nSPS) is 26.5. The van der Waals surface area contributed by atoms with E-state index in [1.807, 2.05) is 16.8 Å². The molecule has 2 atom stereocenters. The van der Waals surface area contributed by atoms with E-state index in [1.165, 1.54) is 6.42 Å². The van der Waals surface area contributed by atoms with Crippen LogP contribution in [0.3, 0.4) is 0 Å². The number of hydrogen-bond donors (Lipinski definition) is 1. The molecule has 1 fully saturated rings. The molecule has 15 heavy (non-hydrogen) atoms. The third kappa shape index (κ3) is 2.67. The van der Waals surface area contributed by atoms with E-state index in [-0.39, 0.29) is 12.0 Å². The lowest BCUT2D eigenvalue weighted by Gasteiger charge is -2.27. The molecule has 2 unspecified atom stereocenters. The Kier molecular flexibility index (Phi) is 3.54. The van der Waals surface area contributed by atoms with Crippen molar-refractivity contribution in [2.24, 2.45) is 11.7 Å². The van der Waals surface area contributed by atoms with Gasteiger partial charge in [0.2, 0.25) is 0 Å². The second-order valence-electron chi connectivity index (χ2n) is 4.33. The Morgan fingerprint density at radius 1 is 1.47 bits per heavy atom. The van der Waals surface area contributed by atoms with Gasteiger partial charge in [0, 0.05) is 18.4 Å². The minimum Gasteiger partial charge on any atom is -0.327 e. The zero-order chi connectivity index (χ0) is 10.7. The van der Waals surface area contributed by atoms with Crippen molar-refractivity contribution in [3.63, 3.8) is 0 Å². The second-order valence-corrected chi connectivity index (χ2v) is 5.11. The van der Waals surface area contributed by atoms with Gasteiger partial charge in [-0.15, -0.1) is 0 Å². The van der Waals surface area contributed by atoms with Crippen LogP contribution in [0.1, 0.15) is 31.2 Å². The molecule has 0 spiro atoms. The Morgan fingerprint density at radius 2 is 2.27 bits per heavy atom. The average molecular weight is 223 g/mol. The first kappa shape index (κ1) is 10.8. The molecule has 0 bridgehead atoms. The summed E-state index contributed by atoms with van der Waals surface area (Å²) in [6, 6.07) is 2.13. The molecule has 1 aromatic heterocycles. The summed E-state index contributed by atoms with van der Waals surface area (Å²) in [5.41, 5.74) is 7.13. The number of carbonyl (C=O) groups is 1. The highest BCUT2D eigenvalue weighted by Gasteiger charge is 2.27. The van der Waals surface area contributed by atoms with Crippen molar-refractivity contribution in [2.45, 2.75) is 38.1 Å². The van der Waals surface area contributed by atoms with Crippen LogP contribution in [0.4, 0.5) is 0 Å². The van der Waals surface area contributed by atoms with E-state index >= 15 is 0 Å². The number of Topliss-reactive ketones (excluding diaryl/α,β-unsaturated/α-hetero) is 1. The van der Waals surface area contributed by atoms with Crippen molar-refractivity contribution in [2.75, 3.05) is 0 Å². The molecule has 1 saturated carbocycles. The van der Waals surface area contributed by atoms with Gasteiger partial charge in [-0.25, -0.2) is 0 Å². The van der Waals surface area contributed by atoms with Crippen molar-refractivity contribution in [3.8, 4) is 0 Å². The number of ketones is 1. The first-order chi connectivity index (χ1) is 7.27. The highest BCUT2D eigenvalue weighted by molar-refractivity contribution is 7.07. The van der Waals surface area contributed by atoms with Gasteiger partial charge in [-0.1, -0.05) is 12.8 Å². The molecule has 82 valence electrons. The van der Waals surface area contributed by atoms with Gasteiger partial charge in [-0.05, 0) is 35.2 Å². The fourth-order valence-electron chi connectivity index (χ4n) is 2.28. The average Bonchev–Trinajstić information content (AvgIpc) is 2.71. The predicted octanol–water partition coefficient (Wildman–Crippen LogP) is 2.38. The maximum Gasteiger partial charge on any atom is 0.141 e. The molecule has 0 radical (unpaired) electrons. The zero-order valence-corrected chi connectivity index (χ0v) is 9.63. The largest absolute Gasteiger partial charge is 0.327 e. The molecule has 0 aromatic carbocycles. The van der Waals surface area contributed by atoms with Gasteiger partial charge in [0.1, 0.15) is 5.78 Å². The molecule has 0 saturated heterocycles. The highest BCUT2D eigenvalue weighted by atomic mass is 32.1. The number of hydrogen-bond acceptors (Lipinski definition) is 3. The summed E-state index contributed by atoms with van der Waals surface area (Å²) in [5.74, 6) is 0.444. The summed E-state index contributed by atoms with van der Waals surface area (Å²) < 4.78 is 0. The van der Waals surface area contributed by atoms with Gasteiger partial charge in [0.25, 0.3) is 0 Å². The van der Waals surface area contributed by atoms with Crippen molar-refractivity contribution in [3.05, 3.63) is 22.4 Å². The third-order valence-electron chi connectivity index (χ3n) is 3.19. The molecule has 1 heterocycles. The summed E-state index contributed by atoms with van der Waals surface area (Å²) in [6.07, 6.45) is 4.92. The highest BCUT2D eigenvalue weighted by Crippen LogP contribution is 2.25. The Labute approximate surface area is 94.5 Å². The van der Waals surface area contributed by atoms with Crippen LogP contribution in [0.15, 0.2) is 16.8 Å². The van der Waals surface area contributed by atoms with E-state index in [1.54, 1.807) is 11.3 Å². The van der Waals surface area contributed by atoms with E-state index in [4.69, 9.17) is 5.73 Å². The SMILES string of the molecule is NC1CCCCC1C(=O)Cc1ccsc1. The molecular formula is C12H17NOS. The van der Waals surface area contributed by atoms with E-state index in [9.17, 15) is 4.79 Å². The van der Waals surface area contributed by atoms with Crippen LogP contribution in [-0.2, 0) is 11.2 Å². The molecule has 1 aliphatic carbocycles. The zero-order valence-electron chi connectivity index (χ0n) is 8.82. The fourth-order valence-corrected chi connectivity index (χ4v) is 2.95. The first-order valence-corrected chi connectivity index (χ1v) is 6.51. The van der Waals surface area contributed by atoms with Gasteiger partial charge in [-0.2, -0.15) is 11.3 Å². The summed E-state index contributed by atoms with van der Waals surface area (Å²) >= 11 is 1.65. The summed E-state index contributed by atoms with van der Waals surface area (Å²) in [5, 5.41) is 4.07. The molecule has 0 aliphatic heterocycles. The molecule has 3 heteroatoms. The molecule has 1 aliphatic rings. The number of nitrogens with two attached hydrogens (primary N) is 1. The standard InChI is InChI=1S/C12H17NOS/c13-11-4-2-1-3-10(11)12(14)7-9-5-6-15-8-9/h5-6,8,10-11H,1-4,7,13H2. The molecule has 0 amide bonds. The van der Waals surface area contributed by atoms with Crippen LogP contribution < -0.4 is 5.73 Å². The molecule has 2 rings (SSSR count). The lowest BCUT2D eigenvalue weighted by Crippen LogP contribution is -2.38. The van der Waals surface area contributed by atoms with Crippen molar-refractivity contribution < 1.29 is 4.79 Å². The summed E-state index contributed by atoms with van der Waals surface area (Å²) in [4.78, 5) is 12.0. The maximum atomic E-state index is 12.0. The van der Waals surface area contributed by atoms with Crippen LogP contribution >= 0.6 is 11.3 Å². The minimum atomic E-state index is 0.102. The predicted molar refractivity (Wildman–Crippen MR) is 63.0 cm³/mol. The van der Waals surface area contributed by atoms with E-state index < -0.39 is 0 Å². The number of thiophene rings is 1. The van der Waals surface area contributed by atoms with Gasteiger partial charge in [0.15, 0.2) is 0 Å². The van der Waals surface area contributed by atoms with Gasteiger partial charge in [-0.3, -0.25) is 4.79 Å². The monoisotopic (exact) mass is 223 g/mol. The quantitative estimate of drug-likeness (QED) is 0.855.